The minimum atomic E-state index is 0.367. The molecule has 1 aromatic heterocycles. The number of carbonyl (C=O) groups excluding carboxylic acids is 1. The Hall–Kier alpha value is -1.12. The predicted molar refractivity (Wildman–Crippen MR) is 31.3 cm³/mol. The Kier molecular flexibility index (Phi) is 1.63. The van der Waals surface area contributed by atoms with E-state index in [4.69, 9.17) is 4.52 Å². The van der Waals surface area contributed by atoms with E-state index in [2.05, 4.69) is 5.16 Å². The zero-order chi connectivity index (χ0) is 6.69. The van der Waals surface area contributed by atoms with Gasteiger partial charge in [0.2, 0.25) is 0 Å². The summed E-state index contributed by atoms with van der Waals surface area (Å²) in [6.07, 6.45) is 1.45. The highest BCUT2D eigenvalue weighted by molar-refractivity contribution is 5.71. The molecule has 0 fully saturated rings. The van der Waals surface area contributed by atoms with Crippen molar-refractivity contribution in [3.05, 3.63) is 17.5 Å². The van der Waals surface area contributed by atoms with Crippen LogP contribution in [0.3, 0.4) is 0 Å². The molecule has 0 N–H and O–H groups in total. The largest absolute Gasteiger partial charge is 0.361 e. The van der Waals surface area contributed by atoms with Crippen LogP contribution in [0.15, 0.2) is 10.6 Å². The summed E-state index contributed by atoms with van der Waals surface area (Å²) in [4.78, 5) is 10.0. The molecule has 0 aliphatic rings. The number of carbonyl (C=O) groups is 1. The Balaban J connectivity index is 2.86. The summed E-state index contributed by atoms with van der Waals surface area (Å²) in [7, 11) is 0. The average Bonchev–Trinajstić information content (AvgIpc) is 2.34. The molecule has 1 rings (SSSR count). The molecule has 0 radical (unpaired) electrons. The van der Waals surface area contributed by atoms with E-state index < -0.39 is 0 Å². The zero-order valence-electron chi connectivity index (χ0n) is 5.13. The van der Waals surface area contributed by atoms with Gasteiger partial charge in [-0.15, -0.1) is 0 Å². The van der Waals surface area contributed by atoms with E-state index in [0.29, 0.717) is 12.0 Å². The molecule has 0 amide bonds. The molecule has 0 bridgehead atoms. The van der Waals surface area contributed by atoms with E-state index in [1.54, 1.807) is 6.07 Å². The first-order valence-corrected chi connectivity index (χ1v) is 2.77. The summed E-state index contributed by atoms with van der Waals surface area (Å²) in [5.41, 5.74) is 0.367. The van der Waals surface area contributed by atoms with Gasteiger partial charge < -0.3 is 4.52 Å². The van der Waals surface area contributed by atoms with Gasteiger partial charge in [-0.05, 0) is 0 Å². The second-order valence-corrected chi connectivity index (χ2v) is 1.69. The SMILES string of the molecule is CCc1cc(C=O)no1. The fourth-order valence-corrected chi connectivity index (χ4v) is 0.551. The number of aldehydes is 1. The molecule has 0 spiro atoms. The molecule has 0 saturated carbocycles. The van der Waals surface area contributed by atoms with Gasteiger partial charge >= 0.3 is 0 Å². The van der Waals surface area contributed by atoms with E-state index in [0.717, 1.165) is 12.2 Å². The molecule has 3 heteroatoms. The minimum absolute atomic E-state index is 0.367. The lowest BCUT2D eigenvalue weighted by Gasteiger charge is -1.76. The molecule has 0 saturated heterocycles. The van der Waals surface area contributed by atoms with Crippen LogP contribution in [0.5, 0.6) is 0 Å². The average molecular weight is 125 g/mol. The topological polar surface area (TPSA) is 43.1 Å². The molecule has 0 aromatic carbocycles. The quantitative estimate of drug-likeness (QED) is 0.555. The third-order valence-corrected chi connectivity index (χ3v) is 1.05. The van der Waals surface area contributed by atoms with Crippen molar-refractivity contribution in [2.75, 3.05) is 0 Å². The molecule has 0 atom stereocenters. The summed E-state index contributed by atoms with van der Waals surface area (Å²) >= 11 is 0. The fourth-order valence-electron chi connectivity index (χ4n) is 0.551. The van der Waals surface area contributed by atoms with E-state index in [1.165, 1.54) is 0 Å². The molecular weight excluding hydrogens is 118 g/mol. The Morgan fingerprint density at radius 3 is 3.00 bits per heavy atom. The molecule has 1 aromatic rings. The third-order valence-electron chi connectivity index (χ3n) is 1.05. The van der Waals surface area contributed by atoms with E-state index in [1.807, 2.05) is 6.92 Å². The van der Waals surface area contributed by atoms with Crippen molar-refractivity contribution in [2.24, 2.45) is 0 Å². The number of aryl methyl sites for hydroxylation is 1. The summed E-state index contributed by atoms with van der Waals surface area (Å²) in [5.74, 6) is 0.747. The first-order chi connectivity index (χ1) is 4.36. The zero-order valence-corrected chi connectivity index (χ0v) is 5.13. The van der Waals surface area contributed by atoms with Crippen LogP contribution in [-0.2, 0) is 6.42 Å². The first-order valence-electron chi connectivity index (χ1n) is 2.77. The lowest BCUT2D eigenvalue weighted by atomic mass is 10.3. The summed E-state index contributed by atoms with van der Waals surface area (Å²) in [6.45, 7) is 1.94. The van der Waals surface area contributed by atoms with Crippen molar-refractivity contribution >= 4 is 6.29 Å². The molecule has 3 nitrogen and oxygen atoms in total. The number of hydrogen-bond donors (Lipinski definition) is 0. The van der Waals surface area contributed by atoms with Gasteiger partial charge in [0, 0.05) is 12.5 Å². The number of rotatable bonds is 2. The van der Waals surface area contributed by atoms with Crippen LogP contribution in [0.2, 0.25) is 0 Å². The minimum Gasteiger partial charge on any atom is -0.361 e. The van der Waals surface area contributed by atoms with Crippen molar-refractivity contribution in [3.63, 3.8) is 0 Å². The highest BCUT2D eigenvalue weighted by Crippen LogP contribution is 2.00. The Labute approximate surface area is 52.7 Å². The van der Waals surface area contributed by atoms with Gasteiger partial charge in [0.1, 0.15) is 11.5 Å². The standard InChI is InChI=1S/C6H7NO2/c1-2-6-3-5(4-8)7-9-6/h3-4H,2H2,1H3. The normalized spacial score (nSPS) is 9.44. The van der Waals surface area contributed by atoms with Gasteiger partial charge in [0.15, 0.2) is 6.29 Å². The third kappa shape index (κ3) is 1.16. The lowest BCUT2D eigenvalue weighted by molar-refractivity contribution is 0.111. The molecule has 48 valence electrons. The highest BCUT2D eigenvalue weighted by Gasteiger charge is 1.97. The smallest absolute Gasteiger partial charge is 0.171 e. The van der Waals surface area contributed by atoms with Gasteiger partial charge in [-0.25, -0.2) is 0 Å². The second-order valence-electron chi connectivity index (χ2n) is 1.69. The summed E-state index contributed by atoms with van der Waals surface area (Å²) < 4.78 is 4.72. The monoisotopic (exact) mass is 125 g/mol. The van der Waals surface area contributed by atoms with Crippen LogP contribution < -0.4 is 0 Å². The molecular formula is C6H7NO2. The van der Waals surface area contributed by atoms with Crippen LogP contribution >= 0.6 is 0 Å². The van der Waals surface area contributed by atoms with Crippen LogP contribution in [0.25, 0.3) is 0 Å². The van der Waals surface area contributed by atoms with Crippen molar-refractivity contribution in [1.82, 2.24) is 5.16 Å². The Morgan fingerprint density at radius 1 is 1.89 bits per heavy atom. The molecule has 0 unspecified atom stereocenters. The molecule has 9 heavy (non-hydrogen) atoms. The molecule has 0 aliphatic heterocycles. The van der Waals surface area contributed by atoms with Crippen molar-refractivity contribution in [3.8, 4) is 0 Å². The van der Waals surface area contributed by atoms with Gasteiger partial charge in [0.25, 0.3) is 0 Å². The van der Waals surface area contributed by atoms with Crippen LogP contribution in [0, 0.1) is 0 Å². The summed E-state index contributed by atoms with van der Waals surface area (Å²) in [6, 6.07) is 1.63. The van der Waals surface area contributed by atoms with Crippen LogP contribution in [0.4, 0.5) is 0 Å². The maximum atomic E-state index is 10.0. The summed E-state index contributed by atoms with van der Waals surface area (Å²) in [5, 5.41) is 3.46. The van der Waals surface area contributed by atoms with E-state index in [-0.39, 0.29) is 0 Å². The number of nitrogens with zero attached hydrogens (tertiary/aromatic N) is 1. The van der Waals surface area contributed by atoms with Crippen molar-refractivity contribution in [1.29, 1.82) is 0 Å². The Morgan fingerprint density at radius 2 is 2.67 bits per heavy atom. The maximum absolute atomic E-state index is 10.0. The number of hydrogen-bond acceptors (Lipinski definition) is 3. The van der Waals surface area contributed by atoms with Crippen molar-refractivity contribution < 1.29 is 9.32 Å². The molecule has 0 aliphatic carbocycles. The molecule has 1 heterocycles. The van der Waals surface area contributed by atoms with Gasteiger partial charge in [-0.3, -0.25) is 4.79 Å². The van der Waals surface area contributed by atoms with Crippen LogP contribution in [0.1, 0.15) is 23.2 Å². The van der Waals surface area contributed by atoms with Gasteiger partial charge in [0.05, 0.1) is 0 Å². The fraction of sp³-hybridized carbons (Fsp3) is 0.333. The highest BCUT2D eigenvalue weighted by atomic mass is 16.5. The van der Waals surface area contributed by atoms with Gasteiger partial charge in [-0.2, -0.15) is 0 Å². The predicted octanol–water partition coefficient (Wildman–Crippen LogP) is 1.05. The second kappa shape index (κ2) is 2.44. The van der Waals surface area contributed by atoms with Crippen molar-refractivity contribution in [2.45, 2.75) is 13.3 Å². The first kappa shape index (κ1) is 6.01. The lowest BCUT2D eigenvalue weighted by Crippen LogP contribution is -1.73. The van der Waals surface area contributed by atoms with E-state index in [9.17, 15) is 4.79 Å². The van der Waals surface area contributed by atoms with Crippen LogP contribution in [-0.4, -0.2) is 11.4 Å². The Bertz CT molecular complexity index is 205. The number of aromatic nitrogens is 1. The van der Waals surface area contributed by atoms with Gasteiger partial charge in [-0.1, -0.05) is 12.1 Å². The maximum Gasteiger partial charge on any atom is 0.171 e. The van der Waals surface area contributed by atoms with E-state index >= 15 is 0 Å².